The molecule has 2 aromatic rings. The molecule has 0 atom stereocenters. The van der Waals surface area contributed by atoms with Crippen LogP contribution in [0.2, 0.25) is 0 Å². The number of aromatic amines is 2. The molecule has 2 rings (SSSR count). The molecule has 0 aliphatic rings. The van der Waals surface area contributed by atoms with Gasteiger partial charge in [-0.15, -0.1) is 0 Å². The molecule has 0 radical (unpaired) electrons. The third-order valence-electron chi connectivity index (χ3n) is 2.03. The van der Waals surface area contributed by atoms with E-state index in [4.69, 9.17) is 0 Å². The third kappa shape index (κ3) is 2.04. The molecule has 6 nitrogen and oxygen atoms in total. The van der Waals surface area contributed by atoms with E-state index in [9.17, 15) is 4.79 Å². The number of amides is 1. The van der Waals surface area contributed by atoms with Crippen LogP contribution in [0.5, 0.6) is 0 Å². The van der Waals surface area contributed by atoms with Crippen LogP contribution >= 0.6 is 0 Å². The number of hydrogen-bond donors (Lipinski definition) is 2. The van der Waals surface area contributed by atoms with Crippen LogP contribution in [0.4, 0.5) is 0 Å². The summed E-state index contributed by atoms with van der Waals surface area (Å²) in [5.74, 6) is 0.675. The highest BCUT2D eigenvalue weighted by Crippen LogP contribution is 2.03. The Hall–Kier alpha value is -2.11. The highest BCUT2D eigenvalue weighted by Gasteiger charge is 2.13. The molecule has 0 saturated carbocycles. The van der Waals surface area contributed by atoms with E-state index in [2.05, 4.69) is 20.2 Å². The Bertz CT molecular complexity index is 419. The van der Waals surface area contributed by atoms with Gasteiger partial charge in [0, 0.05) is 25.6 Å². The molecule has 2 aromatic heterocycles. The Labute approximate surface area is 86.3 Å². The maximum atomic E-state index is 11.8. The summed E-state index contributed by atoms with van der Waals surface area (Å²) in [5, 5.41) is 6.33. The molecule has 0 spiro atoms. The number of imidazole rings is 1. The fourth-order valence-corrected chi connectivity index (χ4v) is 1.27. The first-order chi connectivity index (χ1) is 7.27. The summed E-state index contributed by atoms with van der Waals surface area (Å²) in [7, 11) is 1.72. The summed E-state index contributed by atoms with van der Waals surface area (Å²) in [6, 6.07) is 0. The number of carbonyl (C=O) groups excluding carboxylic acids is 1. The van der Waals surface area contributed by atoms with Gasteiger partial charge in [0.2, 0.25) is 0 Å². The van der Waals surface area contributed by atoms with Gasteiger partial charge in [-0.2, -0.15) is 5.10 Å². The monoisotopic (exact) mass is 205 g/mol. The number of carbonyl (C=O) groups is 1. The second-order valence-corrected chi connectivity index (χ2v) is 3.18. The predicted molar refractivity (Wildman–Crippen MR) is 53.0 cm³/mol. The van der Waals surface area contributed by atoms with Crippen LogP contribution < -0.4 is 0 Å². The quantitative estimate of drug-likeness (QED) is 0.761. The molecule has 1 amide bonds. The van der Waals surface area contributed by atoms with E-state index in [-0.39, 0.29) is 5.91 Å². The van der Waals surface area contributed by atoms with Gasteiger partial charge in [0.05, 0.1) is 18.3 Å². The molecule has 2 N–H and O–H groups in total. The molecule has 2 heterocycles. The van der Waals surface area contributed by atoms with Crippen LogP contribution in [0, 0.1) is 0 Å². The fourth-order valence-electron chi connectivity index (χ4n) is 1.27. The summed E-state index contributed by atoms with van der Waals surface area (Å²) in [5.41, 5.74) is 0.545. The minimum atomic E-state index is -0.0832. The van der Waals surface area contributed by atoms with E-state index in [1.54, 1.807) is 30.5 Å². The molecule has 78 valence electrons. The molecule has 6 heteroatoms. The van der Waals surface area contributed by atoms with Crippen LogP contribution in [0.3, 0.4) is 0 Å². The first-order valence-electron chi connectivity index (χ1n) is 4.50. The zero-order valence-corrected chi connectivity index (χ0v) is 8.27. The van der Waals surface area contributed by atoms with Gasteiger partial charge in [0.15, 0.2) is 0 Å². The SMILES string of the molecule is CN(Cc1ncc[nH]1)C(=O)c1cn[nH]c1. The maximum absolute atomic E-state index is 11.8. The van der Waals surface area contributed by atoms with E-state index in [1.165, 1.54) is 6.20 Å². The van der Waals surface area contributed by atoms with E-state index < -0.39 is 0 Å². The highest BCUT2D eigenvalue weighted by molar-refractivity contribution is 5.93. The van der Waals surface area contributed by atoms with Crippen molar-refractivity contribution in [3.63, 3.8) is 0 Å². The van der Waals surface area contributed by atoms with E-state index in [1.807, 2.05) is 0 Å². The molecule has 0 aromatic carbocycles. The summed E-state index contributed by atoms with van der Waals surface area (Å²) in [4.78, 5) is 20.3. The standard InChI is InChI=1S/C9H11N5O/c1-14(6-8-10-2-3-11-8)9(15)7-4-12-13-5-7/h2-5H,6H2,1H3,(H,10,11)(H,12,13). The topological polar surface area (TPSA) is 77.7 Å². The third-order valence-corrected chi connectivity index (χ3v) is 2.03. The van der Waals surface area contributed by atoms with Gasteiger partial charge in [-0.3, -0.25) is 9.89 Å². The van der Waals surface area contributed by atoms with Crippen molar-refractivity contribution < 1.29 is 4.79 Å². The van der Waals surface area contributed by atoms with Crippen molar-refractivity contribution in [1.29, 1.82) is 0 Å². The van der Waals surface area contributed by atoms with Crippen molar-refractivity contribution in [2.75, 3.05) is 7.05 Å². The van der Waals surface area contributed by atoms with Gasteiger partial charge >= 0.3 is 0 Å². The number of hydrogen-bond acceptors (Lipinski definition) is 3. The predicted octanol–water partition coefficient (Wildman–Crippen LogP) is 0.405. The maximum Gasteiger partial charge on any atom is 0.257 e. The number of H-pyrrole nitrogens is 2. The smallest absolute Gasteiger partial charge is 0.257 e. The zero-order chi connectivity index (χ0) is 10.7. The van der Waals surface area contributed by atoms with Crippen LogP contribution in [0.15, 0.2) is 24.8 Å². The molecule has 0 saturated heterocycles. The lowest BCUT2D eigenvalue weighted by molar-refractivity contribution is 0.0782. The molecular weight excluding hydrogens is 194 g/mol. The molecule has 15 heavy (non-hydrogen) atoms. The molecule has 0 fully saturated rings. The Kier molecular flexibility index (Phi) is 2.49. The lowest BCUT2D eigenvalue weighted by atomic mass is 10.3. The van der Waals surface area contributed by atoms with Gasteiger partial charge in [-0.1, -0.05) is 0 Å². The van der Waals surface area contributed by atoms with Crippen molar-refractivity contribution in [1.82, 2.24) is 25.1 Å². The number of aromatic nitrogens is 4. The Morgan fingerprint density at radius 2 is 2.47 bits per heavy atom. The first-order valence-corrected chi connectivity index (χ1v) is 4.50. The van der Waals surface area contributed by atoms with Crippen molar-refractivity contribution in [2.45, 2.75) is 6.54 Å². The van der Waals surface area contributed by atoms with Crippen molar-refractivity contribution in [2.24, 2.45) is 0 Å². The minimum absolute atomic E-state index is 0.0832. The minimum Gasteiger partial charge on any atom is -0.347 e. The van der Waals surface area contributed by atoms with Crippen LogP contribution in [-0.2, 0) is 6.54 Å². The van der Waals surface area contributed by atoms with Crippen LogP contribution in [0.25, 0.3) is 0 Å². The lowest BCUT2D eigenvalue weighted by Crippen LogP contribution is -2.26. The largest absolute Gasteiger partial charge is 0.347 e. The fraction of sp³-hybridized carbons (Fsp3) is 0.222. The second kappa shape index (κ2) is 3.95. The molecule has 0 bridgehead atoms. The molecule has 0 aliphatic heterocycles. The zero-order valence-electron chi connectivity index (χ0n) is 8.27. The Balaban J connectivity index is 2.03. The Morgan fingerprint density at radius 1 is 1.60 bits per heavy atom. The van der Waals surface area contributed by atoms with Gasteiger partial charge in [-0.25, -0.2) is 4.98 Å². The lowest BCUT2D eigenvalue weighted by Gasteiger charge is -2.14. The van der Waals surface area contributed by atoms with Gasteiger partial charge in [0.1, 0.15) is 5.82 Å². The average Bonchev–Trinajstić information content (AvgIpc) is 2.88. The molecular formula is C9H11N5O. The van der Waals surface area contributed by atoms with Crippen molar-refractivity contribution in [3.05, 3.63) is 36.2 Å². The van der Waals surface area contributed by atoms with Crippen molar-refractivity contribution in [3.8, 4) is 0 Å². The number of nitrogens with one attached hydrogen (secondary N) is 2. The summed E-state index contributed by atoms with van der Waals surface area (Å²) < 4.78 is 0. The van der Waals surface area contributed by atoms with E-state index in [0.717, 1.165) is 5.82 Å². The van der Waals surface area contributed by atoms with Gasteiger partial charge in [0.25, 0.3) is 5.91 Å². The van der Waals surface area contributed by atoms with Crippen molar-refractivity contribution >= 4 is 5.91 Å². The second-order valence-electron chi connectivity index (χ2n) is 3.18. The average molecular weight is 205 g/mol. The summed E-state index contributed by atoms with van der Waals surface area (Å²) in [6.45, 7) is 0.455. The first kappa shape index (κ1) is 9.45. The summed E-state index contributed by atoms with van der Waals surface area (Å²) in [6.07, 6.45) is 6.46. The van der Waals surface area contributed by atoms with Crippen LogP contribution in [-0.4, -0.2) is 38.0 Å². The summed E-state index contributed by atoms with van der Waals surface area (Å²) >= 11 is 0. The Morgan fingerprint density at radius 3 is 3.07 bits per heavy atom. The number of nitrogens with zero attached hydrogens (tertiary/aromatic N) is 3. The molecule has 0 aliphatic carbocycles. The van der Waals surface area contributed by atoms with E-state index >= 15 is 0 Å². The van der Waals surface area contributed by atoms with E-state index in [0.29, 0.717) is 12.1 Å². The molecule has 0 unspecified atom stereocenters. The van der Waals surface area contributed by atoms with Gasteiger partial charge in [-0.05, 0) is 0 Å². The van der Waals surface area contributed by atoms with Crippen LogP contribution in [0.1, 0.15) is 16.2 Å². The normalized spacial score (nSPS) is 10.2. The highest BCUT2D eigenvalue weighted by atomic mass is 16.2. The van der Waals surface area contributed by atoms with Gasteiger partial charge < -0.3 is 9.88 Å². The number of rotatable bonds is 3.